The quantitative estimate of drug-likeness (QED) is 0.905. The molecule has 1 rings (SSSR count). The Morgan fingerprint density at radius 3 is 2.69 bits per heavy atom. The number of hydrogen-bond acceptors (Lipinski definition) is 2. The number of rotatable bonds is 5. The third-order valence-electron chi connectivity index (χ3n) is 2.35. The van der Waals surface area contributed by atoms with Crippen molar-refractivity contribution in [3.63, 3.8) is 0 Å². The number of halogens is 1. The van der Waals surface area contributed by atoms with Gasteiger partial charge in [0.25, 0.3) is 0 Å². The number of hydrogen-bond donors (Lipinski definition) is 1. The van der Waals surface area contributed by atoms with Gasteiger partial charge >= 0.3 is 5.97 Å². The zero-order valence-electron chi connectivity index (χ0n) is 9.83. The zero-order chi connectivity index (χ0) is 12.3. The molecule has 0 saturated carbocycles. The predicted molar refractivity (Wildman–Crippen MR) is 65.4 cm³/mol. The number of aryl methyl sites for hydroxylation is 1. The molecule has 0 fully saturated rings. The topological polar surface area (TPSA) is 55.1 Å². The summed E-state index contributed by atoms with van der Waals surface area (Å²) in [5.74, 6) is 0.755. The number of carboxylic acids is 1. The van der Waals surface area contributed by atoms with E-state index in [-0.39, 0.29) is 6.42 Å². The van der Waals surface area contributed by atoms with Crippen molar-refractivity contribution < 1.29 is 9.90 Å². The van der Waals surface area contributed by atoms with E-state index >= 15 is 0 Å². The molecule has 0 atom stereocenters. The highest BCUT2D eigenvalue weighted by Crippen LogP contribution is 2.20. The summed E-state index contributed by atoms with van der Waals surface area (Å²) in [4.78, 5) is 15.0. The normalized spacial score (nSPS) is 11.1. The van der Waals surface area contributed by atoms with Crippen LogP contribution in [0.2, 0.25) is 0 Å². The van der Waals surface area contributed by atoms with E-state index in [1.165, 1.54) is 0 Å². The molecular weight excluding hydrogens is 272 g/mol. The van der Waals surface area contributed by atoms with E-state index in [1.807, 2.05) is 11.6 Å². The summed E-state index contributed by atoms with van der Waals surface area (Å²) >= 11 is 3.45. The number of nitrogens with zero attached hydrogens (tertiary/aromatic N) is 2. The first kappa shape index (κ1) is 13.2. The Morgan fingerprint density at radius 1 is 1.56 bits per heavy atom. The molecule has 0 amide bonds. The van der Waals surface area contributed by atoms with Crippen molar-refractivity contribution in [2.24, 2.45) is 13.0 Å². The van der Waals surface area contributed by atoms with Crippen LogP contribution in [0.1, 0.15) is 31.8 Å². The van der Waals surface area contributed by atoms with Crippen LogP contribution >= 0.6 is 15.9 Å². The molecule has 1 aromatic heterocycles. The average Bonchev–Trinajstić information content (AvgIpc) is 2.42. The zero-order valence-corrected chi connectivity index (χ0v) is 11.4. The summed E-state index contributed by atoms with van der Waals surface area (Å²) < 4.78 is 2.88. The lowest BCUT2D eigenvalue weighted by molar-refractivity contribution is -0.136. The molecule has 0 saturated heterocycles. The van der Waals surface area contributed by atoms with Crippen molar-refractivity contribution in [2.45, 2.75) is 33.1 Å². The lowest BCUT2D eigenvalue weighted by Gasteiger charge is -2.04. The van der Waals surface area contributed by atoms with E-state index < -0.39 is 5.97 Å². The van der Waals surface area contributed by atoms with E-state index in [2.05, 4.69) is 34.8 Å². The first-order chi connectivity index (χ1) is 7.41. The molecule has 1 aromatic rings. The molecule has 0 aliphatic rings. The van der Waals surface area contributed by atoms with E-state index in [0.29, 0.717) is 12.3 Å². The maximum atomic E-state index is 10.5. The van der Waals surface area contributed by atoms with Crippen molar-refractivity contribution in [3.05, 3.63) is 16.1 Å². The summed E-state index contributed by atoms with van der Waals surface area (Å²) in [7, 11) is 1.94. The van der Waals surface area contributed by atoms with Crippen LogP contribution in [0, 0.1) is 5.92 Å². The number of aromatic nitrogens is 2. The Kier molecular flexibility index (Phi) is 4.53. The van der Waals surface area contributed by atoms with Gasteiger partial charge in [-0.15, -0.1) is 0 Å². The fourth-order valence-electron chi connectivity index (χ4n) is 1.52. The van der Waals surface area contributed by atoms with Crippen LogP contribution in [0.5, 0.6) is 0 Å². The van der Waals surface area contributed by atoms with E-state index in [1.54, 1.807) is 0 Å². The van der Waals surface area contributed by atoms with Crippen LogP contribution in [0.3, 0.4) is 0 Å². The lowest BCUT2D eigenvalue weighted by Crippen LogP contribution is -2.02. The molecule has 4 nitrogen and oxygen atoms in total. The molecule has 0 radical (unpaired) electrons. The molecule has 0 aliphatic carbocycles. The molecule has 1 heterocycles. The van der Waals surface area contributed by atoms with Gasteiger partial charge in [-0.3, -0.25) is 4.79 Å². The van der Waals surface area contributed by atoms with Crippen LogP contribution in [-0.4, -0.2) is 20.6 Å². The van der Waals surface area contributed by atoms with Crippen LogP contribution in [0.4, 0.5) is 0 Å². The van der Waals surface area contributed by atoms with Crippen LogP contribution in [-0.2, 0) is 24.7 Å². The van der Waals surface area contributed by atoms with Gasteiger partial charge in [0.15, 0.2) is 0 Å². The Morgan fingerprint density at radius 2 is 2.19 bits per heavy atom. The summed E-state index contributed by atoms with van der Waals surface area (Å²) in [6.45, 7) is 4.28. The number of aliphatic carboxylic acids is 1. The smallest absolute Gasteiger partial charge is 0.303 e. The minimum Gasteiger partial charge on any atom is -0.481 e. The monoisotopic (exact) mass is 288 g/mol. The van der Waals surface area contributed by atoms with E-state index in [4.69, 9.17) is 5.11 Å². The third-order valence-corrected chi connectivity index (χ3v) is 3.34. The summed E-state index contributed by atoms with van der Waals surface area (Å²) in [6, 6.07) is 0. The summed E-state index contributed by atoms with van der Waals surface area (Å²) in [5.41, 5.74) is 0.834. The fourth-order valence-corrected chi connectivity index (χ4v) is 2.01. The Hall–Kier alpha value is -0.840. The second kappa shape index (κ2) is 5.48. The lowest BCUT2D eigenvalue weighted by atomic mass is 10.1. The Balaban J connectivity index is 2.82. The Labute approximate surface area is 104 Å². The van der Waals surface area contributed by atoms with Crippen molar-refractivity contribution in [1.82, 2.24) is 9.55 Å². The first-order valence-corrected chi connectivity index (χ1v) is 6.12. The minimum absolute atomic E-state index is 0.122. The molecule has 90 valence electrons. The molecular formula is C11H17BrN2O2. The second-order valence-corrected chi connectivity index (χ2v) is 5.07. The van der Waals surface area contributed by atoms with Gasteiger partial charge in [0.2, 0.25) is 0 Å². The van der Waals surface area contributed by atoms with Crippen LogP contribution in [0.15, 0.2) is 4.60 Å². The van der Waals surface area contributed by atoms with Crippen molar-refractivity contribution in [1.29, 1.82) is 0 Å². The molecule has 0 bridgehead atoms. The van der Waals surface area contributed by atoms with Crippen LogP contribution < -0.4 is 0 Å². The standard InChI is InChI=1S/C11H17BrN2O2/c1-7(2)6-9-13-8(4-5-10(15)16)11(12)14(9)3/h7H,4-6H2,1-3H3,(H,15,16). The minimum atomic E-state index is -0.789. The van der Waals surface area contributed by atoms with Gasteiger partial charge < -0.3 is 9.67 Å². The molecule has 5 heteroatoms. The largest absolute Gasteiger partial charge is 0.481 e. The molecule has 1 N–H and O–H groups in total. The maximum absolute atomic E-state index is 10.5. The molecule has 0 aliphatic heterocycles. The molecule has 0 spiro atoms. The number of imidazole rings is 1. The highest BCUT2D eigenvalue weighted by molar-refractivity contribution is 9.10. The van der Waals surface area contributed by atoms with E-state index in [0.717, 1.165) is 22.5 Å². The summed E-state index contributed by atoms with van der Waals surface area (Å²) in [5, 5.41) is 8.64. The van der Waals surface area contributed by atoms with E-state index in [9.17, 15) is 4.79 Å². The van der Waals surface area contributed by atoms with Crippen molar-refractivity contribution in [2.75, 3.05) is 0 Å². The van der Waals surface area contributed by atoms with Gasteiger partial charge in [0.1, 0.15) is 10.4 Å². The molecule has 16 heavy (non-hydrogen) atoms. The van der Waals surface area contributed by atoms with Crippen LogP contribution in [0.25, 0.3) is 0 Å². The Bertz CT molecular complexity index is 386. The SMILES string of the molecule is CC(C)Cc1nc(CCC(=O)O)c(Br)n1C. The first-order valence-electron chi connectivity index (χ1n) is 5.33. The van der Waals surface area contributed by atoms with Gasteiger partial charge in [-0.1, -0.05) is 13.8 Å². The molecule has 0 unspecified atom stereocenters. The maximum Gasteiger partial charge on any atom is 0.303 e. The fraction of sp³-hybridized carbons (Fsp3) is 0.636. The number of carbonyl (C=O) groups is 1. The average molecular weight is 289 g/mol. The summed E-state index contributed by atoms with van der Waals surface area (Å²) in [6.07, 6.45) is 1.50. The third kappa shape index (κ3) is 3.33. The number of carboxylic acid groups (broad SMARTS) is 1. The predicted octanol–water partition coefficient (Wildman–Crippen LogP) is 2.40. The highest BCUT2D eigenvalue weighted by atomic mass is 79.9. The second-order valence-electron chi connectivity index (χ2n) is 4.32. The van der Waals surface area contributed by atoms with Crippen molar-refractivity contribution in [3.8, 4) is 0 Å². The molecule has 0 aromatic carbocycles. The van der Waals surface area contributed by atoms with Gasteiger partial charge in [0, 0.05) is 19.9 Å². The van der Waals surface area contributed by atoms with Gasteiger partial charge in [-0.25, -0.2) is 4.98 Å². The van der Waals surface area contributed by atoms with Gasteiger partial charge in [0.05, 0.1) is 12.1 Å². The highest BCUT2D eigenvalue weighted by Gasteiger charge is 2.14. The van der Waals surface area contributed by atoms with Gasteiger partial charge in [-0.05, 0) is 21.8 Å². The van der Waals surface area contributed by atoms with Gasteiger partial charge in [-0.2, -0.15) is 0 Å². The van der Waals surface area contributed by atoms with Crippen molar-refractivity contribution >= 4 is 21.9 Å².